The highest BCUT2D eigenvalue weighted by molar-refractivity contribution is 6.30. The van der Waals surface area contributed by atoms with Crippen molar-refractivity contribution in [1.29, 1.82) is 0 Å². The van der Waals surface area contributed by atoms with Gasteiger partial charge in [0, 0.05) is 11.4 Å². The van der Waals surface area contributed by atoms with Crippen LogP contribution in [0.15, 0.2) is 24.3 Å². The van der Waals surface area contributed by atoms with Crippen molar-refractivity contribution in [1.82, 2.24) is 0 Å². The minimum Gasteiger partial charge on any atom is -0.633 e. The number of hydrogen-bond acceptors (Lipinski definition) is 1. The third-order valence-electron chi connectivity index (χ3n) is 1.85. The van der Waals surface area contributed by atoms with E-state index in [4.69, 9.17) is 11.6 Å². The molecule has 2 nitrogen and oxygen atoms in total. The minimum absolute atomic E-state index is 0.247. The fourth-order valence-electron chi connectivity index (χ4n) is 1.05. The molecule has 0 aromatic heterocycles. The Labute approximate surface area is 83.9 Å². The van der Waals surface area contributed by atoms with Crippen LogP contribution in [-0.4, -0.2) is 25.3 Å². The molecule has 0 unspecified atom stereocenters. The first-order chi connectivity index (χ1) is 5.97. The zero-order valence-corrected chi connectivity index (χ0v) is 8.71. The highest BCUT2D eigenvalue weighted by Crippen LogP contribution is 2.10. The molecule has 0 saturated heterocycles. The van der Waals surface area contributed by atoms with Crippen molar-refractivity contribution < 1.29 is 4.65 Å². The molecule has 0 radical (unpaired) electrons. The molecule has 0 aliphatic rings. The highest BCUT2D eigenvalue weighted by Gasteiger charge is 2.02. The van der Waals surface area contributed by atoms with Crippen molar-refractivity contribution in [3.05, 3.63) is 40.1 Å². The highest BCUT2D eigenvalue weighted by atomic mass is 35.5. The number of halogens is 1. The van der Waals surface area contributed by atoms with Crippen LogP contribution in [0.2, 0.25) is 5.02 Å². The molecule has 0 saturated carbocycles. The Morgan fingerprint density at radius 2 is 1.77 bits per heavy atom. The second kappa shape index (κ2) is 4.09. The van der Waals surface area contributed by atoms with E-state index in [1.807, 2.05) is 24.3 Å². The monoisotopic (exact) mass is 199 g/mol. The molecule has 1 aromatic carbocycles. The third-order valence-corrected chi connectivity index (χ3v) is 2.10. The van der Waals surface area contributed by atoms with Gasteiger partial charge < -0.3 is 9.85 Å². The van der Waals surface area contributed by atoms with Crippen molar-refractivity contribution >= 4 is 11.6 Å². The molecular weight excluding hydrogens is 186 g/mol. The summed E-state index contributed by atoms with van der Waals surface area (Å²) in [6, 6.07) is 7.61. The maximum Gasteiger partial charge on any atom is 0.0820 e. The largest absolute Gasteiger partial charge is 0.633 e. The topological polar surface area (TPSA) is 23.1 Å². The minimum atomic E-state index is -0.247. The van der Waals surface area contributed by atoms with Gasteiger partial charge in [0.15, 0.2) is 0 Å². The van der Waals surface area contributed by atoms with Gasteiger partial charge in [0.25, 0.3) is 0 Å². The second-order valence-electron chi connectivity index (χ2n) is 3.67. The quantitative estimate of drug-likeness (QED) is 0.542. The van der Waals surface area contributed by atoms with Gasteiger partial charge in [-0.25, -0.2) is 0 Å². The maximum atomic E-state index is 11.3. The van der Waals surface area contributed by atoms with E-state index in [0.717, 1.165) is 17.0 Å². The van der Waals surface area contributed by atoms with Crippen LogP contribution in [0, 0.1) is 5.21 Å². The molecule has 3 heteroatoms. The first-order valence-corrected chi connectivity index (χ1v) is 4.64. The van der Waals surface area contributed by atoms with Gasteiger partial charge in [-0.05, 0) is 17.7 Å². The van der Waals surface area contributed by atoms with Gasteiger partial charge in [-0.3, -0.25) is 0 Å². The van der Waals surface area contributed by atoms with E-state index in [1.165, 1.54) is 0 Å². The summed E-state index contributed by atoms with van der Waals surface area (Å²) in [6.07, 6.45) is 0.799. The number of benzene rings is 1. The first-order valence-electron chi connectivity index (χ1n) is 4.26. The lowest BCUT2D eigenvalue weighted by Gasteiger charge is -2.33. The number of hydroxylamine groups is 3. The molecule has 0 spiro atoms. The maximum absolute atomic E-state index is 11.3. The normalized spacial score (nSPS) is 11.7. The van der Waals surface area contributed by atoms with Crippen molar-refractivity contribution in [2.75, 3.05) is 20.6 Å². The number of quaternary nitrogens is 1. The van der Waals surface area contributed by atoms with Crippen LogP contribution in [0.4, 0.5) is 0 Å². The van der Waals surface area contributed by atoms with Crippen molar-refractivity contribution in [2.45, 2.75) is 6.42 Å². The van der Waals surface area contributed by atoms with Gasteiger partial charge in [0.1, 0.15) is 0 Å². The van der Waals surface area contributed by atoms with Crippen LogP contribution < -0.4 is 0 Å². The van der Waals surface area contributed by atoms with Crippen molar-refractivity contribution in [3.8, 4) is 0 Å². The lowest BCUT2D eigenvalue weighted by molar-refractivity contribution is -0.839. The van der Waals surface area contributed by atoms with Crippen LogP contribution >= 0.6 is 11.6 Å². The van der Waals surface area contributed by atoms with E-state index in [2.05, 4.69) is 0 Å². The van der Waals surface area contributed by atoms with Crippen LogP contribution in [0.25, 0.3) is 0 Å². The molecule has 0 aliphatic heterocycles. The Kier molecular flexibility index (Phi) is 3.31. The lowest BCUT2D eigenvalue weighted by Crippen LogP contribution is -2.34. The number of rotatable bonds is 3. The van der Waals surface area contributed by atoms with E-state index in [-0.39, 0.29) is 4.65 Å². The predicted molar refractivity (Wildman–Crippen MR) is 55.5 cm³/mol. The zero-order valence-electron chi connectivity index (χ0n) is 7.96. The van der Waals surface area contributed by atoms with Crippen LogP contribution in [0.1, 0.15) is 5.56 Å². The number of hydrogen-bond donors (Lipinski definition) is 0. The molecule has 0 N–H and O–H groups in total. The fraction of sp³-hybridized carbons (Fsp3) is 0.400. The summed E-state index contributed by atoms with van der Waals surface area (Å²) in [5.41, 5.74) is 1.16. The van der Waals surface area contributed by atoms with E-state index >= 15 is 0 Å². The summed E-state index contributed by atoms with van der Waals surface area (Å²) in [5.74, 6) is 0. The SMILES string of the molecule is C[N+](C)([O-])CCc1ccc(Cl)cc1. The van der Waals surface area contributed by atoms with Gasteiger partial charge in [-0.1, -0.05) is 23.7 Å². The average molecular weight is 200 g/mol. The first kappa shape index (κ1) is 10.5. The smallest absolute Gasteiger partial charge is 0.0820 e. The molecule has 0 atom stereocenters. The van der Waals surface area contributed by atoms with E-state index in [0.29, 0.717) is 6.54 Å². The predicted octanol–water partition coefficient (Wildman–Crippen LogP) is 2.46. The summed E-state index contributed by atoms with van der Waals surface area (Å²) in [6.45, 7) is 0.599. The second-order valence-corrected chi connectivity index (χ2v) is 4.11. The Bertz CT molecular complexity index is 263. The van der Waals surface area contributed by atoms with Crippen LogP contribution in [0.5, 0.6) is 0 Å². The molecule has 72 valence electrons. The number of likely N-dealkylation sites (N-methyl/N-ethyl adjacent to an activating group) is 1. The van der Waals surface area contributed by atoms with Gasteiger partial charge in [-0.15, -0.1) is 0 Å². The third kappa shape index (κ3) is 4.27. The molecule has 1 rings (SSSR count). The van der Waals surface area contributed by atoms with Crippen LogP contribution in [0.3, 0.4) is 0 Å². The molecule has 0 heterocycles. The lowest BCUT2D eigenvalue weighted by atomic mass is 10.1. The molecular formula is C10H14ClNO. The summed E-state index contributed by atoms with van der Waals surface area (Å²) in [7, 11) is 3.30. The summed E-state index contributed by atoms with van der Waals surface area (Å²) in [5, 5.41) is 12.0. The molecule has 0 bridgehead atoms. The summed E-state index contributed by atoms with van der Waals surface area (Å²) >= 11 is 5.74. The van der Waals surface area contributed by atoms with Crippen molar-refractivity contribution in [3.63, 3.8) is 0 Å². The Morgan fingerprint density at radius 1 is 1.23 bits per heavy atom. The van der Waals surface area contributed by atoms with Gasteiger partial charge in [0.2, 0.25) is 0 Å². The van der Waals surface area contributed by atoms with Crippen molar-refractivity contribution in [2.24, 2.45) is 0 Å². The standard InChI is InChI=1S/C10H14ClNO/c1-12(2,13)8-7-9-3-5-10(11)6-4-9/h3-6H,7-8H2,1-2H3. The van der Waals surface area contributed by atoms with Gasteiger partial charge in [0.05, 0.1) is 20.6 Å². The Morgan fingerprint density at radius 3 is 2.23 bits per heavy atom. The zero-order chi connectivity index (χ0) is 9.90. The molecule has 13 heavy (non-hydrogen) atoms. The molecule has 0 amide bonds. The van der Waals surface area contributed by atoms with Gasteiger partial charge in [-0.2, -0.15) is 0 Å². The van der Waals surface area contributed by atoms with Gasteiger partial charge >= 0.3 is 0 Å². The fourth-order valence-corrected chi connectivity index (χ4v) is 1.18. The summed E-state index contributed by atoms with van der Waals surface area (Å²) in [4.78, 5) is 0. The van der Waals surface area contributed by atoms with E-state index < -0.39 is 0 Å². The molecule has 0 fully saturated rings. The van der Waals surface area contributed by atoms with Crippen LogP contribution in [-0.2, 0) is 6.42 Å². The van der Waals surface area contributed by atoms with E-state index in [1.54, 1.807) is 14.1 Å². The number of nitrogens with zero attached hydrogens (tertiary/aromatic N) is 1. The molecule has 1 aromatic rings. The average Bonchev–Trinajstić information content (AvgIpc) is 2.02. The Hall–Kier alpha value is -0.570. The molecule has 0 aliphatic carbocycles. The summed E-state index contributed by atoms with van der Waals surface area (Å²) < 4.78 is -0.247. The Balaban J connectivity index is 2.51. The van der Waals surface area contributed by atoms with E-state index in [9.17, 15) is 5.21 Å².